The van der Waals surface area contributed by atoms with Gasteiger partial charge in [-0.3, -0.25) is 4.79 Å². The number of carbonyl (C=O) groups is 1. The number of methoxy groups -OCH3 is 1. The van der Waals surface area contributed by atoms with Crippen molar-refractivity contribution in [3.63, 3.8) is 0 Å². The highest BCUT2D eigenvalue weighted by atomic mass is 16.5. The van der Waals surface area contributed by atoms with Crippen molar-refractivity contribution in [2.75, 3.05) is 13.7 Å². The third kappa shape index (κ3) is 2.85. The zero-order valence-corrected chi connectivity index (χ0v) is 16.0. The van der Waals surface area contributed by atoms with Gasteiger partial charge in [0.1, 0.15) is 34.3 Å². The minimum atomic E-state index is -0.489. The number of fused-ring (bicyclic) bond motifs is 2. The molecule has 2 aromatic rings. The van der Waals surface area contributed by atoms with Crippen LogP contribution in [-0.4, -0.2) is 35.8 Å². The van der Waals surface area contributed by atoms with E-state index in [-0.39, 0.29) is 23.0 Å². The second kappa shape index (κ2) is 6.48. The lowest BCUT2D eigenvalue weighted by Crippen LogP contribution is -2.29. The van der Waals surface area contributed by atoms with E-state index in [1.54, 1.807) is 6.07 Å². The molecule has 4 rings (SSSR count). The maximum Gasteiger partial charge on any atom is 0.157 e. The van der Waals surface area contributed by atoms with Gasteiger partial charge in [0.15, 0.2) is 6.29 Å². The fourth-order valence-electron chi connectivity index (χ4n) is 3.81. The van der Waals surface area contributed by atoms with Crippen molar-refractivity contribution in [1.82, 2.24) is 0 Å². The van der Waals surface area contributed by atoms with E-state index < -0.39 is 5.60 Å². The molecule has 0 aromatic heterocycles. The Kier molecular flexibility index (Phi) is 4.22. The Balaban J connectivity index is 1.80. The molecule has 0 saturated carbocycles. The molecule has 0 amide bonds. The van der Waals surface area contributed by atoms with Crippen LogP contribution in [-0.2, 0) is 6.42 Å². The molecule has 146 valence electrons. The average molecular weight is 382 g/mol. The standard InChI is InChI=1S/C22H22O6/c1-22(2)7-6-14-17(24)5-4-13(21(14)28-22)12-8-15-19(26-3)9-18(25)16(10-23)20(15)27-11-12/h4-7,9-10,12,24-25H,8,11H2,1-3H3. The molecule has 1 atom stereocenters. The minimum absolute atomic E-state index is 0.0675. The van der Waals surface area contributed by atoms with E-state index in [0.29, 0.717) is 42.1 Å². The first kappa shape index (κ1) is 18.2. The summed E-state index contributed by atoms with van der Waals surface area (Å²) in [4.78, 5) is 11.4. The van der Waals surface area contributed by atoms with Crippen LogP contribution in [0.3, 0.4) is 0 Å². The van der Waals surface area contributed by atoms with Crippen LogP contribution in [0.15, 0.2) is 24.3 Å². The van der Waals surface area contributed by atoms with Gasteiger partial charge >= 0.3 is 0 Å². The predicted molar refractivity (Wildman–Crippen MR) is 104 cm³/mol. The van der Waals surface area contributed by atoms with Crippen molar-refractivity contribution in [3.05, 3.63) is 46.5 Å². The fourth-order valence-corrected chi connectivity index (χ4v) is 3.81. The van der Waals surface area contributed by atoms with Gasteiger partial charge < -0.3 is 24.4 Å². The summed E-state index contributed by atoms with van der Waals surface area (Å²) in [6.07, 6.45) is 4.92. The van der Waals surface area contributed by atoms with Gasteiger partial charge in [0.25, 0.3) is 0 Å². The van der Waals surface area contributed by atoms with Gasteiger partial charge in [-0.05, 0) is 38.5 Å². The Morgan fingerprint density at radius 2 is 2.00 bits per heavy atom. The van der Waals surface area contributed by atoms with Crippen molar-refractivity contribution in [1.29, 1.82) is 0 Å². The molecule has 0 radical (unpaired) electrons. The predicted octanol–water partition coefficient (Wildman–Crippen LogP) is 3.82. The van der Waals surface area contributed by atoms with Crippen molar-refractivity contribution in [2.45, 2.75) is 31.8 Å². The van der Waals surface area contributed by atoms with Crippen LogP contribution in [0.5, 0.6) is 28.7 Å². The van der Waals surface area contributed by atoms with E-state index in [4.69, 9.17) is 14.2 Å². The van der Waals surface area contributed by atoms with Gasteiger partial charge in [0.05, 0.1) is 24.8 Å². The Morgan fingerprint density at radius 3 is 2.71 bits per heavy atom. The quantitative estimate of drug-likeness (QED) is 0.785. The van der Waals surface area contributed by atoms with E-state index in [2.05, 4.69) is 0 Å². The van der Waals surface area contributed by atoms with Crippen LogP contribution in [0, 0.1) is 0 Å². The monoisotopic (exact) mass is 382 g/mol. The van der Waals surface area contributed by atoms with Crippen LogP contribution in [0.4, 0.5) is 0 Å². The van der Waals surface area contributed by atoms with Gasteiger partial charge in [-0.2, -0.15) is 0 Å². The molecule has 1 unspecified atom stereocenters. The van der Waals surface area contributed by atoms with Gasteiger partial charge in [0.2, 0.25) is 0 Å². The Bertz CT molecular complexity index is 989. The molecule has 0 spiro atoms. The third-order valence-corrected chi connectivity index (χ3v) is 5.24. The summed E-state index contributed by atoms with van der Waals surface area (Å²) in [5, 5.41) is 20.3. The molecule has 6 heteroatoms. The molecule has 2 aromatic carbocycles. The van der Waals surface area contributed by atoms with E-state index in [9.17, 15) is 15.0 Å². The molecule has 0 fully saturated rings. The van der Waals surface area contributed by atoms with Gasteiger partial charge in [-0.25, -0.2) is 0 Å². The number of benzene rings is 2. The SMILES string of the molecule is COc1cc(O)c(C=O)c2c1CC(c1ccc(O)c3c1OC(C)(C)C=C3)CO2. The molecule has 0 saturated heterocycles. The summed E-state index contributed by atoms with van der Waals surface area (Å²) in [5.41, 5.74) is 1.93. The van der Waals surface area contributed by atoms with Crippen molar-refractivity contribution in [2.24, 2.45) is 0 Å². The summed E-state index contributed by atoms with van der Waals surface area (Å²) in [6.45, 7) is 4.22. The zero-order valence-electron chi connectivity index (χ0n) is 16.0. The smallest absolute Gasteiger partial charge is 0.157 e. The van der Waals surface area contributed by atoms with Crippen molar-refractivity contribution >= 4 is 12.4 Å². The Hall–Kier alpha value is -3.15. The number of hydrogen-bond acceptors (Lipinski definition) is 6. The van der Waals surface area contributed by atoms with Crippen LogP contribution in [0.25, 0.3) is 6.08 Å². The number of phenolic OH excluding ortho intramolecular Hbond substituents is 2. The lowest BCUT2D eigenvalue weighted by molar-refractivity contribution is 0.111. The fraction of sp³-hybridized carbons (Fsp3) is 0.318. The minimum Gasteiger partial charge on any atom is -0.507 e. The molecule has 28 heavy (non-hydrogen) atoms. The molecule has 0 aliphatic carbocycles. The van der Waals surface area contributed by atoms with Crippen LogP contribution >= 0.6 is 0 Å². The highest BCUT2D eigenvalue weighted by Gasteiger charge is 2.33. The topological polar surface area (TPSA) is 85.2 Å². The second-order valence-corrected chi connectivity index (χ2v) is 7.60. The van der Waals surface area contributed by atoms with E-state index in [0.717, 1.165) is 11.1 Å². The number of hydrogen-bond donors (Lipinski definition) is 2. The summed E-state index contributed by atoms with van der Waals surface area (Å²) in [6, 6.07) is 4.93. The first-order chi connectivity index (χ1) is 13.3. The van der Waals surface area contributed by atoms with Crippen molar-refractivity contribution < 1.29 is 29.2 Å². The first-order valence-corrected chi connectivity index (χ1v) is 9.09. The number of aldehydes is 1. The summed E-state index contributed by atoms with van der Waals surface area (Å²) in [5.74, 6) is 1.39. The van der Waals surface area contributed by atoms with Crippen LogP contribution in [0.1, 0.15) is 46.8 Å². The normalized spacial score (nSPS) is 19.0. The Labute approximate surface area is 163 Å². The van der Waals surface area contributed by atoms with Crippen molar-refractivity contribution in [3.8, 4) is 28.7 Å². The summed E-state index contributed by atoms with van der Waals surface area (Å²) < 4.78 is 17.5. The molecular formula is C22H22O6. The number of carbonyl (C=O) groups excluding carboxylic acids is 1. The molecule has 2 heterocycles. The van der Waals surface area contributed by atoms with Crippen LogP contribution in [0.2, 0.25) is 0 Å². The highest BCUT2D eigenvalue weighted by molar-refractivity contribution is 5.86. The lowest BCUT2D eigenvalue weighted by atomic mass is 9.86. The number of rotatable bonds is 3. The first-order valence-electron chi connectivity index (χ1n) is 9.09. The van der Waals surface area contributed by atoms with Gasteiger partial charge in [0, 0.05) is 23.1 Å². The van der Waals surface area contributed by atoms with Crippen LogP contribution < -0.4 is 14.2 Å². The highest BCUT2D eigenvalue weighted by Crippen LogP contribution is 2.47. The van der Waals surface area contributed by atoms with Gasteiger partial charge in [-0.15, -0.1) is 0 Å². The summed E-state index contributed by atoms with van der Waals surface area (Å²) in [7, 11) is 1.51. The maximum absolute atomic E-state index is 11.4. The van der Waals surface area contributed by atoms with E-state index >= 15 is 0 Å². The molecule has 2 aliphatic heterocycles. The van der Waals surface area contributed by atoms with E-state index in [1.165, 1.54) is 13.2 Å². The molecule has 6 nitrogen and oxygen atoms in total. The maximum atomic E-state index is 11.4. The largest absolute Gasteiger partial charge is 0.507 e. The number of ether oxygens (including phenoxy) is 3. The number of phenols is 2. The number of aromatic hydroxyl groups is 2. The second-order valence-electron chi connectivity index (χ2n) is 7.60. The molecule has 2 aliphatic rings. The summed E-state index contributed by atoms with van der Waals surface area (Å²) >= 11 is 0. The van der Waals surface area contributed by atoms with Gasteiger partial charge in [-0.1, -0.05) is 6.07 Å². The third-order valence-electron chi connectivity index (χ3n) is 5.24. The molecule has 2 N–H and O–H groups in total. The Morgan fingerprint density at radius 1 is 1.21 bits per heavy atom. The lowest BCUT2D eigenvalue weighted by Gasteiger charge is -2.33. The molecular weight excluding hydrogens is 360 g/mol. The zero-order chi connectivity index (χ0) is 20.1. The van der Waals surface area contributed by atoms with E-state index in [1.807, 2.05) is 32.1 Å². The average Bonchev–Trinajstić information content (AvgIpc) is 2.66. The molecule has 0 bridgehead atoms.